The molecule has 0 unspecified atom stereocenters. The Kier molecular flexibility index (Phi) is 4.53. The second kappa shape index (κ2) is 6.97. The summed E-state index contributed by atoms with van der Waals surface area (Å²) < 4.78 is 0. The first kappa shape index (κ1) is 16.9. The Balaban J connectivity index is 1.53. The summed E-state index contributed by atoms with van der Waals surface area (Å²) in [4.78, 5) is 18.3. The normalized spacial score (nSPS) is 13.4. The lowest BCUT2D eigenvalue weighted by Crippen LogP contribution is -2.38. The number of urea groups is 1. The third-order valence-corrected chi connectivity index (χ3v) is 5.00. The molecule has 0 atom stereocenters. The van der Waals surface area contributed by atoms with E-state index in [2.05, 4.69) is 20.5 Å². The highest BCUT2D eigenvalue weighted by atomic mass is 35.5. The number of rotatable bonds is 2. The van der Waals surface area contributed by atoms with E-state index in [4.69, 9.17) is 23.2 Å². The number of halogens is 2. The second-order valence-corrected chi connectivity index (χ2v) is 6.76. The van der Waals surface area contributed by atoms with Gasteiger partial charge in [0, 0.05) is 29.8 Å². The number of nitrogens with one attached hydrogen (secondary N) is 2. The van der Waals surface area contributed by atoms with Crippen molar-refractivity contribution in [1.82, 2.24) is 20.1 Å². The van der Waals surface area contributed by atoms with Crippen molar-refractivity contribution in [3.63, 3.8) is 0 Å². The van der Waals surface area contributed by atoms with Crippen LogP contribution in [0.4, 0.5) is 10.5 Å². The molecule has 0 aliphatic carbocycles. The van der Waals surface area contributed by atoms with E-state index in [1.165, 1.54) is 6.20 Å². The van der Waals surface area contributed by atoms with Gasteiger partial charge in [0.2, 0.25) is 0 Å². The summed E-state index contributed by atoms with van der Waals surface area (Å²) in [5, 5.41) is 10.9. The van der Waals surface area contributed by atoms with E-state index in [0.717, 1.165) is 28.9 Å². The summed E-state index contributed by atoms with van der Waals surface area (Å²) in [6.07, 6.45) is 2.21. The summed E-state index contributed by atoms with van der Waals surface area (Å²) in [7, 11) is 0. The van der Waals surface area contributed by atoms with Crippen molar-refractivity contribution < 1.29 is 4.79 Å². The molecule has 2 aromatic heterocycles. The molecule has 1 aromatic carbocycles. The van der Waals surface area contributed by atoms with Crippen LogP contribution in [0.15, 0.2) is 42.6 Å². The molecule has 2 N–H and O–H groups in total. The first-order chi connectivity index (χ1) is 12.6. The van der Waals surface area contributed by atoms with Crippen LogP contribution in [0.3, 0.4) is 0 Å². The average Bonchev–Trinajstić information content (AvgIpc) is 3.08. The molecular weight excluding hydrogens is 373 g/mol. The molecule has 0 fully saturated rings. The van der Waals surface area contributed by atoms with Crippen LogP contribution < -0.4 is 5.32 Å². The second-order valence-electron chi connectivity index (χ2n) is 5.99. The highest BCUT2D eigenvalue weighted by molar-refractivity contribution is 6.41. The fourth-order valence-corrected chi connectivity index (χ4v) is 3.27. The lowest BCUT2D eigenvalue weighted by atomic mass is 10.0. The fourth-order valence-electron chi connectivity index (χ4n) is 3.00. The van der Waals surface area contributed by atoms with E-state index < -0.39 is 0 Å². The lowest BCUT2D eigenvalue weighted by molar-refractivity contribution is 0.206. The van der Waals surface area contributed by atoms with Crippen LogP contribution in [0.5, 0.6) is 0 Å². The lowest BCUT2D eigenvalue weighted by Gasteiger charge is -2.27. The highest BCUT2D eigenvalue weighted by Gasteiger charge is 2.25. The molecular formula is C18H15Cl2N5O. The number of carbonyl (C=O) groups excluding carboxylic acids is 1. The predicted octanol–water partition coefficient (Wildman–Crippen LogP) is 4.37. The number of fused-ring (bicyclic) bond motifs is 1. The molecule has 8 heteroatoms. The molecule has 0 spiro atoms. The van der Waals surface area contributed by atoms with E-state index in [0.29, 0.717) is 23.8 Å². The molecule has 3 heterocycles. The van der Waals surface area contributed by atoms with Crippen molar-refractivity contribution >= 4 is 34.9 Å². The Morgan fingerprint density at radius 2 is 2.04 bits per heavy atom. The van der Waals surface area contributed by atoms with Crippen LogP contribution >= 0.6 is 23.2 Å². The van der Waals surface area contributed by atoms with Crippen LogP contribution in [0.25, 0.3) is 11.3 Å². The van der Waals surface area contributed by atoms with Crippen molar-refractivity contribution in [2.24, 2.45) is 0 Å². The summed E-state index contributed by atoms with van der Waals surface area (Å²) in [5.74, 6) is 0. The number of benzene rings is 1. The first-order valence-electron chi connectivity index (χ1n) is 8.10. The van der Waals surface area contributed by atoms with Gasteiger partial charge in [0.15, 0.2) is 0 Å². The zero-order valence-electron chi connectivity index (χ0n) is 13.7. The third-order valence-electron chi connectivity index (χ3n) is 4.32. The molecule has 1 aliphatic heterocycles. The molecule has 1 aliphatic rings. The van der Waals surface area contributed by atoms with E-state index in [1.54, 1.807) is 11.0 Å². The monoisotopic (exact) mass is 387 g/mol. The number of carbonyl (C=O) groups is 1. The van der Waals surface area contributed by atoms with Gasteiger partial charge in [0.1, 0.15) is 5.15 Å². The van der Waals surface area contributed by atoms with Gasteiger partial charge < -0.3 is 10.2 Å². The number of pyridine rings is 1. The standard InChI is InChI=1S/C18H15Cl2N5O/c19-14-8-12(9-21-17(14)20)22-18(26)25-7-6-15-13(10-25)16(24-23-15)11-4-2-1-3-5-11/h1-5,8-9H,6-7,10H2,(H,22,26)(H,23,24). The molecule has 0 saturated heterocycles. The zero-order chi connectivity index (χ0) is 18.1. The first-order valence-corrected chi connectivity index (χ1v) is 8.86. The minimum Gasteiger partial charge on any atom is -0.320 e. The van der Waals surface area contributed by atoms with E-state index >= 15 is 0 Å². The molecule has 0 saturated carbocycles. The van der Waals surface area contributed by atoms with Crippen LogP contribution in [0.2, 0.25) is 10.2 Å². The Labute approximate surface area is 160 Å². The number of aromatic amines is 1. The Hall–Kier alpha value is -2.57. The molecule has 26 heavy (non-hydrogen) atoms. The number of amides is 2. The number of anilines is 1. The summed E-state index contributed by atoms with van der Waals surface area (Å²) in [6, 6.07) is 11.3. The number of aromatic nitrogens is 3. The third kappa shape index (κ3) is 3.25. The van der Waals surface area contributed by atoms with Gasteiger partial charge in [0.25, 0.3) is 0 Å². The maximum atomic E-state index is 12.6. The van der Waals surface area contributed by atoms with Gasteiger partial charge in [-0.2, -0.15) is 5.10 Å². The molecule has 3 aromatic rings. The van der Waals surface area contributed by atoms with E-state index in [9.17, 15) is 4.79 Å². The summed E-state index contributed by atoms with van der Waals surface area (Å²) in [6.45, 7) is 1.08. The molecule has 0 bridgehead atoms. The topological polar surface area (TPSA) is 73.9 Å². The quantitative estimate of drug-likeness (QED) is 0.641. The minimum absolute atomic E-state index is 0.207. The highest BCUT2D eigenvalue weighted by Crippen LogP contribution is 2.29. The maximum absolute atomic E-state index is 12.6. The number of nitrogens with zero attached hydrogens (tertiary/aromatic N) is 3. The molecule has 4 rings (SSSR count). The molecule has 0 radical (unpaired) electrons. The van der Waals surface area contributed by atoms with Gasteiger partial charge >= 0.3 is 6.03 Å². The van der Waals surface area contributed by atoms with Crippen molar-refractivity contribution in [2.45, 2.75) is 13.0 Å². The Bertz CT molecular complexity index is 957. The van der Waals surface area contributed by atoms with Crippen molar-refractivity contribution in [2.75, 3.05) is 11.9 Å². The van der Waals surface area contributed by atoms with Crippen LogP contribution in [-0.4, -0.2) is 32.7 Å². The summed E-state index contributed by atoms with van der Waals surface area (Å²) in [5.41, 5.74) is 4.54. The SMILES string of the molecule is O=C(Nc1cnc(Cl)c(Cl)c1)N1CCc2[nH]nc(-c3ccccc3)c2C1. The molecule has 132 valence electrons. The van der Waals surface area contributed by atoms with Crippen molar-refractivity contribution in [3.8, 4) is 11.3 Å². The Morgan fingerprint density at radius 3 is 2.81 bits per heavy atom. The van der Waals surface area contributed by atoms with Crippen LogP contribution in [0, 0.1) is 0 Å². The van der Waals surface area contributed by atoms with Gasteiger partial charge in [0.05, 0.1) is 29.1 Å². The minimum atomic E-state index is -0.212. The van der Waals surface area contributed by atoms with Crippen LogP contribution in [0.1, 0.15) is 11.3 Å². The average molecular weight is 388 g/mol. The molecule has 6 nitrogen and oxygen atoms in total. The Morgan fingerprint density at radius 1 is 1.23 bits per heavy atom. The fraction of sp³-hybridized carbons (Fsp3) is 0.167. The van der Waals surface area contributed by atoms with Crippen molar-refractivity contribution in [3.05, 3.63) is 64.0 Å². The van der Waals surface area contributed by atoms with Crippen molar-refractivity contribution in [1.29, 1.82) is 0 Å². The zero-order valence-corrected chi connectivity index (χ0v) is 15.2. The summed E-state index contributed by atoms with van der Waals surface area (Å²) >= 11 is 11.8. The number of hydrogen-bond acceptors (Lipinski definition) is 3. The van der Waals surface area contributed by atoms with E-state index in [1.807, 2.05) is 30.3 Å². The molecule has 2 amide bonds. The van der Waals surface area contributed by atoms with Gasteiger partial charge in [-0.05, 0) is 6.07 Å². The predicted molar refractivity (Wildman–Crippen MR) is 101 cm³/mol. The van der Waals surface area contributed by atoms with E-state index in [-0.39, 0.29) is 11.2 Å². The smallest absolute Gasteiger partial charge is 0.320 e. The maximum Gasteiger partial charge on any atom is 0.322 e. The van der Waals surface area contributed by atoms with Gasteiger partial charge in [-0.15, -0.1) is 0 Å². The largest absolute Gasteiger partial charge is 0.322 e. The number of H-pyrrole nitrogens is 1. The van der Waals surface area contributed by atoms with Gasteiger partial charge in [-0.3, -0.25) is 5.10 Å². The number of hydrogen-bond donors (Lipinski definition) is 2. The van der Waals surface area contributed by atoms with Gasteiger partial charge in [-0.1, -0.05) is 53.5 Å². The van der Waals surface area contributed by atoms with Gasteiger partial charge in [-0.25, -0.2) is 9.78 Å². The van der Waals surface area contributed by atoms with Crippen LogP contribution in [-0.2, 0) is 13.0 Å².